The van der Waals surface area contributed by atoms with Gasteiger partial charge in [-0.15, -0.1) is 23.7 Å². The van der Waals surface area contributed by atoms with Gasteiger partial charge in [0.1, 0.15) is 5.71 Å². The van der Waals surface area contributed by atoms with Gasteiger partial charge in [-0.1, -0.05) is 35.5 Å². The Balaban J connectivity index is 0.00000156. The van der Waals surface area contributed by atoms with Crippen molar-refractivity contribution in [1.82, 2.24) is 10.3 Å². The standard InChI is InChI=1S/C17H19N3OS.ClH/c1-2-4-12(5-3-1)16-10-14(20-21-16)15-11-22-17(19-15)13-6-8-18-9-7-13;/h1-5,11,13,16,18H,6-10H2;1H. The summed E-state index contributed by atoms with van der Waals surface area (Å²) in [6, 6.07) is 10.3. The molecule has 23 heavy (non-hydrogen) atoms. The molecule has 1 atom stereocenters. The van der Waals surface area contributed by atoms with Crippen molar-refractivity contribution in [3.63, 3.8) is 0 Å². The summed E-state index contributed by atoms with van der Waals surface area (Å²) in [5.74, 6) is 0.604. The second kappa shape index (κ2) is 7.43. The van der Waals surface area contributed by atoms with E-state index in [1.54, 1.807) is 11.3 Å². The summed E-state index contributed by atoms with van der Waals surface area (Å²) in [5.41, 5.74) is 3.15. The van der Waals surface area contributed by atoms with Crippen molar-refractivity contribution in [2.75, 3.05) is 13.1 Å². The van der Waals surface area contributed by atoms with Gasteiger partial charge in [0.05, 0.1) is 10.7 Å². The Labute approximate surface area is 146 Å². The highest BCUT2D eigenvalue weighted by molar-refractivity contribution is 7.09. The number of benzene rings is 1. The number of aromatic nitrogens is 1. The molecule has 1 N–H and O–H groups in total. The minimum absolute atomic E-state index is 0. The van der Waals surface area contributed by atoms with Crippen LogP contribution >= 0.6 is 23.7 Å². The molecule has 2 aliphatic heterocycles. The molecule has 0 amide bonds. The fourth-order valence-corrected chi connectivity index (χ4v) is 4.05. The lowest BCUT2D eigenvalue weighted by atomic mass is 9.99. The predicted molar refractivity (Wildman–Crippen MR) is 95.6 cm³/mol. The first-order valence-corrected chi connectivity index (χ1v) is 8.72. The average Bonchev–Trinajstić information content (AvgIpc) is 3.26. The lowest BCUT2D eigenvalue weighted by molar-refractivity contribution is 0.0857. The monoisotopic (exact) mass is 349 g/mol. The molecular formula is C17H20ClN3OS. The van der Waals surface area contributed by atoms with E-state index in [1.165, 1.54) is 23.4 Å². The lowest BCUT2D eigenvalue weighted by Gasteiger charge is -2.20. The van der Waals surface area contributed by atoms with Gasteiger partial charge >= 0.3 is 0 Å². The van der Waals surface area contributed by atoms with Crippen LogP contribution < -0.4 is 5.32 Å². The Bertz CT molecular complexity index is 667. The van der Waals surface area contributed by atoms with Gasteiger partial charge in [-0.2, -0.15) is 0 Å². The molecule has 1 aromatic carbocycles. The van der Waals surface area contributed by atoms with Gasteiger partial charge in [-0.05, 0) is 31.5 Å². The molecule has 0 bridgehead atoms. The number of thiazole rings is 1. The first-order valence-electron chi connectivity index (χ1n) is 7.84. The molecule has 122 valence electrons. The van der Waals surface area contributed by atoms with Crippen LogP contribution in [-0.4, -0.2) is 23.8 Å². The van der Waals surface area contributed by atoms with E-state index in [1.807, 2.05) is 18.2 Å². The first-order chi connectivity index (χ1) is 10.9. The van der Waals surface area contributed by atoms with Gasteiger partial charge in [-0.25, -0.2) is 4.98 Å². The molecule has 1 fully saturated rings. The van der Waals surface area contributed by atoms with E-state index >= 15 is 0 Å². The summed E-state index contributed by atoms with van der Waals surface area (Å²) in [7, 11) is 0. The number of halogens is 1. The SMILES string of the molecule is Cl.c1ccc(C2CC(c3csc(C4CCNCC4)n3)=NO2)cc1. The quantitative estimate of drug-likeness (QED) is 0.914. The Morgan fingerprint density at radius 1 is 1.13 bits per heavy atom. The molecule has 0 radical (unpaired) electrons. The van der Waals surface area contributed by atoms with Crippen molar-refractivity contribution >= 4 is 29.5 Å². The van der Waals surface area contributed by atoms with Crippen LogP contribution in [0.5, 0.6) is 0 Å². The summed E-state index contributed by atoms with van der Waals surface area (Å²) in [6.07, 6.45) is 3.20. The summed E-state index contributed by atoms with van der Waals surface area (Å²) in [5, 5.41) is 11.1. The number of hydrogen-bond donors (Lipinski definition) is 1. The van der Waals surface area contributed by atoms with Gasteiger partial charge in [0.2, 0.25) is 0 Å². The van der Waals surface area contributed by atoms with Crippen LogP contribution in [0.3, 0.4) is 0 Å². The molecule has 1 aromatic heterocycles. The lowest BCUT2D eigenvalue weighted by Crippen LogP contribution is -2.26. The molecule has 0 saturated carbocycles. The molecule has 2 aromatic rings. The largest absolute Gasteiger partial charge is 0.387 e. The Kier molecular flexibility index (Phi) is 5.30. The molecule has 4 rings (SSSR count). The third-order valence-electron chi connectivity index (χ3n) is 4.35. The van der Waals surface area contributed by atoms with Crippen LogP contribution in [0.15, 0.2) is 40.9 Å². The molecule has 1 saturated heterocycles. The summed E-state index contributed by atoms with van der Waals surface area (Å²) >= 11 is 1.76. The zero-order chi connectivity index (χ0) is 14.8. The third kappa shape index (κ3) is 3.57. The highest BCUT2D eigenvalue weighted by Gasteiger charge is 2.26. The Morgan fingerprint density at radius 3 is 2.70 bits per heavy atom. The van der Waals surface area contributed by atoms with Crippen molar-refractivity contribution in [1.29, 1.82) is 0 Å². The first kappa shape index (κ1) is 16.4. The third-order valence-corrected chi connectivity index (χ3v) is 5.35. The average molecular weight is 350 g/mol. The molecule has 2 aliphatic rings. The van der Waals surface area contributed by atoms with E-state index in [0.29, 0.717) is 5.92 Å². The van der Waals surface area contributed by atoms with E-state index < -0.39 is 0 Å². The molecule has 1 unspecified atom stereocenters. The zero-order valence-corrected chi connectivity index (χ0v) is 14.4. The molecule has 0 spiro atoms. The molecule has 4 nitrogen and oxygen atoms in total. The van der Waals surface area contributed by atoms with Crippen LogP contribution in [0.1, 0.15) is 47.5 Å². The number of rotatable bonds is 3. The van der Waals surface area contributed by atoms with Crippen molar-refractivity contribution in [3.8, 4) is 0 Å². The van der Waals surface area contributed by atoms with Gasteiger partial charge in [0.15, 0.2) is 6.10 Å². The maximum atomic E-state index is 5.60. The maximum Gasteiger partial charge on any atom is 0.158 e. The van der Waals surface area contributed by atoms with Crippen molar-refractivity contribution < 1.29 is 4.84 Å². The maximum absolute atomic E-state index is 5.60. The van der Waals surface area contributed by atoms with Crippen molar-refractivity contribution in [2.45, 2.75) is 31.3 Å². The number of hydrogen-bond acceptors (Lipinski definition) is 5. The molecule has 6 heteroatoms. The number of nitrogens with zero attached hydrogens (tertiary/aromatic N) is 2. The fraction of sp³-hybridized carbons (Fsp3) is 0.412. The van der Waals surface area contributed by atoms with E-state index in [0.717, 1.165) is 30.9 Å². The van der Waals surface area contributed by atoms with Crippen molar-refractivity contribution in [2.24, 2.45) is 5.16 Å². The van der Waals surface area contributed by atoms with Crippen LogP contribution in [0.25, 0.3) is 0 Å². The Morgan fingerprint density at radius 2 is 1.91 bits per heavy atom. The molecule has 3 heterocycles. The second-order valence-electron chi connectivity index (χ2n) is 5.84. The predicted octanol–water partition coefficient (Wildman–Crippen LogP) is 3.90. The van der Waals surface area contributed by atoms with Gasteiger partial charge in [-0.3, -0.25) is 0 Å². The fourth-order valence-electron chi connectivity index (χ4n) is 3.05. The Hall–Kier alpha value is -1.43. The number of nitrogens with one attached hydrogen (secondary N) is 1. The minimum atomic E-state index is 0. The molecular weight excluding hydrogens is 330 g/mol. The zero-order valence-electron chi connectivity index (χ0n) is 12.8. The summed E-state index contributed by atoms with van der Waals surface area (Å²) < 4.78 is 0. The van der Waals surface area contributed by atoms with Gasteiger partial charge in [0, 0.05) is 17.7 Å². The van der Waals surface area contributed by atoms with Crippen molar-refractivity contribution in [3.05, 3.63) is 52.0 Å². The normalized spacial score (nSPS) is 21.4. The van der Waals surface area contributed by atoms with E-state index in [9.17, 15) is 0 Å². The summed E-state index contributed by atoms with van der Waals surface area (Å²) in [6.45, 7) is 2.19. The van der Waals surface area contributed by atoms with Crippen LogP contribution in [0.4, 0.5) is 0 Å². The van der Waals surface area contributed by atoms with E-state index in [4.69, 9.17) is 9.82 Å². The topological polar surface area (TPSA) is 46.5 Å². The summed E-state index contributed by atoms with van der Waals surface area (Å²) in [4.78, 5) is 10.4. The van der Waals surface area contributed by atoms with E-state index in [2.05, 4.69) is 28.0 Å². The molecule has 0 aliphatic carbocycles. The van der Waals surface area contributed by atoms with E-state index in [-0.39, 0.29) is 18.5 Å². The van der Waals surface area contributed by atoms with Gasteiger partial charge in [0.25, 0.3) is 0 Å². The van der Waals surface area contributed by atoms with Crippen LogP contribution in [0.2, 0.25) is 0 Å². The number of piperidine rings is 1. The number of oxime groups is 1. The van der Waals surface area contributed by atoms with Crippen LogP contribution in [-0.2, 0) is 4.84 Å². The smallest absolute Gasteiger partial charge is 0.158 e. The minimum Gasteiger partial charge on any atom is -0.387 e. The van der Waals surface area contributed by atoms with Crippen LogP contribution in [0, 0.1) is 0 Å². The second-order valence-corrected chi connectivity index (χ2v) is 6.73. The highest BCUT2D eigenvalue weighted by atomic mass is 35.5. The van der Waals surface area contributed by atoms with Gasteiger partial charge < -0.3 is 10.2 Å². The highest BCUT2D eigenvalue weighted by Crippen LogP contribution is 2.32.